The first kappa shape index (κ1) is 16.5. The quantitative estimate of drug-likeness (QED) is 0.889. The lowest BCUT2D eigenvalue weighted by molar-refractivity contribution is -0.119. The Hall–Kier alpha value is -2.32. The van der Waals surface area contributed by atoms with Crippen LogP contribution in [0.25, 0.3) is 11.3 Å². The van der Waals surface area contributed by atoms with Crippen LogP contribution in [0.3, 0.4) is 0 Å². The summed E-state index contributed by atoms with van der Waals surface area (Å²) in [7, 11) is 0. The van der Waals surface area contributed by atoms with Gasteiger partial charge in [0.1, 0.15) is 5.82 Å². The molecular weight excluding hydrogens is 333 g/mol. The van der Waals surface area contributed by atoms with Crippen LogP contribution in [-0.2, 0) is 14.3 Å². The first-order chi connectivity index (χ1) is 11.5. The Kier molecular flexibility index (Phi) is 4.86. The third-order valence-electron chi connectivity index (χ3n) is 3.60. The number of halogens is 1. The summed E-state index contributed by atoms with van der Waals surface area (Å²) >= 11 is 1.23. The van der Waals surface area contributed by atoms with Crippen molar-refractivity contribution >= 4 is 34.0 Å². The number of nitrogens with zero attached hydrogens (tertiary/aromatic N) is 1. The van der Waals surface area contributed by atoms with E-state index in [1.54, 1.807) is 17.5 Å². The molecule has 8 heteroatoms. The average Bonchev–Trinajstić information content (AvgIpc) is 3.18. The monoisotopic (exact) mass is 349 g/mol. The Morgan fingerprint density at radius 1 is 1.38 bits per heavy atom. The number of hydrogen-bond acceptors (Lipinski definition) is 5. The smallest absolute Gasteiger partial charge is 0.231 e. The van der Waals surface area contributed by atoms with Crippen molar-refractivity contribution in [2.75, 3.05) is 23.8 Å². The van der Waals surface area contributed by atoms with Crippen molar-refractivity contribution in [2.45, 2.75) is 13.3 Å². The Bertz CT molecular complexity index is 772. The lowest BCUT2D eigenvalue weighted by Crippen LogP contribution is -2.22. The highest BCUT2D eigenvalue weighted by Gasteiger charge is 2.24. The van der Waals surface area contributed by atoms with Gasteiger partial charge in [0.15, 0.2) is 5.13 Å². The summed E-state index contributed by atoms with van der Waals surface area (Å²) in [5.74, 6) is -1.05. The van der Waals surface area contributed by atoms with Crippen molar-refractivity contribution in [3.8, 4) is 11.3 Å². The number of benzene rings is 1. The summed E-state index contributed by atoms with van der Waals surface area (Å²) in [6.07, 6.45) is 0.698. The van der Waals surface area contributed by atoms with Gasteiger partial charge in [0.25, 0.3) is 0 Å². The molecule has 126 valence electrons. The van der Waals surface area contributed by atoms with Crippen molar-refractivity contribution in [2.24, 2.45) is 5.92 Å². The maximum atomic E-state index is 14.2. The van der Waals surface area contributed by atoms with E-state index >= 15 is 0 Å². The van der Waals surface area contributed by atoms with Crippen molar-refractivity contribution in [1.82, 2.24) is 4.98 Å². The van der Waals surface area contributed by atoms with E-state index < -0.39 is 5.82 Å². The molecule has 3 rings (SSSR count). The van der Waals surface area contributed by atoms with Gasteiger partial charge in [0, 0.05) is 30.2 Å². The fraction of sp³-hybridized carbons (Fsp3) is 0.312. The minimum absolute atomic E-state index is 0.130. The zero-order chi connectivity index (χ0) is 17.1. The normalized spacial score (nSPS) is 16.8. The first-order valence-electron chi connectivity index (χ1n) is 7.44. The van der Waals surface area contributed by atoms with Gasteiger partial charge < -0.3 is 15.4 Å². The van der Waals surface area contributed by atoms with Crippen LogP contribution < -0.4 is 10.6 Å². The van der Waals surface area contributed by atoms with Crippen LogP contribution in [0, 0.1) is 11.7 Å². The molecule has 1 saturated heterocycles. The summed E-state index contributed by atoms with van der Waals surface area (Å²) < 4.78 is 19.4. The molecule has 0 aliphatic carbocycles. The van der Waals surface area contributed by atoms with Gasteiger partial charge in [0.2, 0.25) is 11.8 Å². The van der Waals surface area contributed by atoms with Crippen LogP contribution in [0.5, 0.6) is 0 Å². The van der Waals surface area contributed by atoms with Crippen LogP contribution in [0.2, 0.25) is 0 Å². The van der Waals surface area contributed by atoms with Gasteiger partial charge in [-0.25, -0.2) is 9.37 Å². The van der Waals surface area contributed by atoms with Gasteiger partial charge in [-0.05, 0) is 24.6 Å². The van der Waals surface area contributed by atoms with Crippen LogP contribution in [0.1, 0.15) is 13.3 Å². The molecule has 1 unspecified atom stereocenters. The van der Waals surface area contributed by atoms with Crippen molar-refractivity contribution < 1.29 is 18.7 Å². The number of carbonyl (C=O) groups excluding carboxylic acids is 2. The number of aromatic nitrogens is 1. The Balaban J connectivity index is 1.73. The average molecular weight is 349 g/mol. The van der Waals surface area contributed by atoms with Crippen molar-refractivity contribution in [3.05, 3.63) is 29.4 Å². The molecule has 6 nitrogen and oxygen atoms in total. The van der Waals surface area contributed by atoms with Gasteiger partial charge >= 0.3 is 0 Å². The van der Waals surface area contributed by atoms with E-state index in [1.165, 1.54) is 24.3 Å². The predicted molar refractivity (Wildman–Crippen MR) is 89.4 cm³/mol. The molecule has 1 atom stereocenters. The zero-order valence-corrected chi connectivity index (χ0v) is 13.8. The Morgan fingerprint density at radius 2 is 2.21 bits per heavy atom. The molecule has 1 aliphatic heterocycles. The number of rotatable bonds is 4. The molecule has 1 aromatic heterocycles. The van der Waals surface area contributed by atoms with Crippen LogP contribution in [0.4, 0.5) is 15.2 Å². The topological polar surface area (TPSA) is 80.3 Å². The fourth-order valence-electron chi connectivity index (χ4n) is 2.41. The summed E-state index contributed by atoms with van der Waals surface area (Å²) in [4.78, 5) is 27.3. The highest BCUT2D eigenvalue weighted by Crippen LogP contribution is 2.29. The highest BCUT2D eigenvalue weighted by atomic mass is 32.1. The number of hydrogen-bond donors (Lipinski definition) is 2. The number of amides is 2. The molecule has 24 heavy (non-hydrogen) atoms. The standard InChI is InChI=1S/C16H16FN3O3S/c1-9(21)18-11-2-3-12(13(17)6-11)14-8-24-16(19-14)20-15(22)10-4-5-23-7-10/h2-3,6,8,10H,4-5,7H2,1H3,(H,18,21)(H,19,20,22). The number of nitrogens with one attached hydrogen (secondary N) is 2. The molecule has 0 radical (unpaired) electrons. The number of carbonyl (C=O) groups is 2. The highest BCUT2D eigenvalue weighted by molar-refractivity contribution is 7.14. The number of anilines is 2. The molecule has 0 spiro atoms. The third kappa shape index (κ3) is 3.77. The molecule has 1 aliphatic rings. The first-order valence-corrected chi connectivity index (χ1v) is 8.32. The van der Waals surface area contributed by atoms with E-state index in [9.17, 15) is 14.0 Å². The Morgan fingerprint density at radius 3 is 2.88 bits per heavy atom. The summed E-state index contributed by atoms with van der Waals surface area (Å²) in [5.41, 5.74) is 1.13. The van der Waals surface area contributed by atoms with Crippen LogP contribution in [-0.4, -0.2) is 30.0 Å². The minimum Gasteiger partial charge on any atom is -0.381 e. The molecule has 2 amide bonds. The molecule has 0 saturated carbocycles. The van der Waals surface area contributed by atoms with E-state index in [0.29, 0.717) is 41.7 Å². The van der Waals surface area contributed by atoms with Crippen molar-refractivity contribution in [1.29, 1.82) is 0 Å². The van der Waals surface area contributed by atoms with Crippen LogP contribution >= 0.6 is 11.3 Å². The third-order valence-corrected chi connectivity index (χ3v) is 4.36. The van der Waals surface area contributed by atoms with Gasteiger partial charge in [-0.2, -0.15) is 0 Å². The van der Waals surface area contributed by atoms with Gasteiger partial charge in [-0.1, -0.05) is 0 Å². The fourth-order valence-corrected chi connectivity index (χ4v) is 3.12. The molecule has 1 aromatic carbocycles. The summed E-state index contributed by atoms with van der Waals surface area (Å²) in [5, 5.41) is 7.36. The minimum atomic E-state index is -0.492. The zero-order valence-electron chi connectivity index (χ0n) is 13.0. The van der Waals surface area contributed by atoms with Gasteiger partial charge in [-0.3, -0.25) is 9.59 Å². The van der Waals surface area contributed by atoms with E-state index in [0.717, 1.165) is 0 Å². The molecular formula is C16H16FN3O3S. The second-order valence-electron chi connectivity index (χ2n) is 5.46. The molecule has 2 heterocycles. The van der Waals surface area contributed by atoms with Crippen LogP contribution in [0.15, 0.2) is 23.6 Å². The van der Waals surface area contributed by atoms with E-state index in [1.807, 2.05) is 0 Å². The maximum Gasteiger partial charge on any atom is 0.231 e. The van der Waals surface area contributed by atoms with E-state index in [-0.39, 0.29) is 17.7 Å². The van der Waals surface area contributed by atoms with E-state index in [2.05, 4.69) is 15.6 Å². The SMILES string of the molecule is CC(=O)Nc1ccc(-c2csc(NC(=O)C3CCOC3)n2)c(F)c1. The van der Waals surface area contributed by atoms with Gasteiger partial charge in [0.05, 0.1) is 18.2 Å². The van der Waals surface area contributed by atoms with Crippen molar-refractivity contribution in [3.63, 3.8) is 0 Å². The lowest BCUT2D eigenvalue weighted by Gasteiger charge is -2.06. The summed E-state index contributed by atoms with van der Waals surface area (Å²) in [6, 6.07) is 4.39. The maximum absolute atomic E-state index is 14.2. The predicted octanol–water partition coefficient (Wildman–Crippen LogP) is 2.88. The molecule has 2 N–H and O–H groups in total. The second-order valence-corrected chi connectivity index (χ2v) is 6.32. The summed E-state index contributed by atoms with van der Waals surface area (Å²) in [6.45, 7) is 2.37. The van der Waals surface area contributed by atoms with Gasteiger partial charge in [-0.15, -0.1) is 11.3 Å². The largest absolute Gasteiger partial charge is 0.381 e. The molecule has 2 aromatic rings. The molecule has 0 bridgehead atoms. The second kappa shape index (κ2) is 7.06. The number of thiazole rings is 1. The number of ether oxygens (including phenoxy) is 1. The lowest BCUT2D eigenvalue weighted by atomic mass is 10.1. The molecule has 1 fully saturated rings. The van der Waals surface area contributed by atoms with E-state index in [4.69, 9.17) is 4.74 Å². The Labute approximate surface area is 142 Å².